The molecule has 0 bridgehead atoms. The van der Waals surface area contributed by atoms with Crippen LogP contribution in [0.2, 0.25) is 0 Å². The molecule has 0 saturated carbocycles. The van der Waals surface area contributed by atoms with E-state index in [0.29, 0.717) is 0 Å². The molecule has 19 heavy (non-hydrogen) atoms. The van der Waals surface area contributed by atoms with Crippen LogP contribution in [0.15, 0.2) is 6.07 Å². The molecule has 0 aliphatic rings. The Hall–Kier alpha value is -0.860. The molecule has 108 valence electrons. The Labute approximate surface area is 118 Å². The summed E-state index contributed by atoms with van der Waals surface area (Å²) in [6, 6.07) is 2.28. The topological polar surface area (TPSA) is 38.0 Å². The highest BCUT2D eigenvalue weighted by atomic mass is 14.9. The van der Waals surface area contributed by atoms with Gasteiger partial charge in [0.05, 0.1) is 0 Å². The maximum Gasteiger partial charge on any atom is 0.0211 e. The number of rotatable bonds is 6. The van der Waals surface area contributed by atoms with Crippen molar-refractivity contribution in [3.8, 4) is 0 Å². The summed E-state index contributed by atoms with van der Waals surface area (Å²) in [6.45, 7) is 16.1. The standard InChI is InChI=1S/C17H30N2/c1-12-9-13(2)15(4)16(14(12)3)10-19-11-17(5,6)7-8-18/h9,19H,7-8,10-11,18H2,1-6H3. The van der Waals surface area contributed by atoms with Gasteiger partial charge in [0.1, 0.15) is 0 Å². The molecule has 0 unspecified atom stereocenters. The third-order valence-corrected chi connectivity index (χ3v) is 4.25. The summed E-state index contributed by atoms with van der Waals surface area (Å²) in [6.07, 6.45) is 1.06. The Kier molecular flexibility index (Phi) is 5.57. The summed E-state index contributed by atoms with van der Waals surface area (Å²) < 4.78 is 0. The van der Waals surface area contributed by atoms with Gasteiger partial charge in [-0.1, -0.05) is 19.9 Å². The van der Waals surface area contributed by atoms with Crippen molar-refractivity contribution in [2.24, 2.45) is 11.1 Å². The molecule has 0 saturated heterocycles. The lowest BCUT2D eigenvalue weighted by Gasteiger charge is -2.25. The van der Waals surface area contributed by atoms with Gasteiger partial charge in [0.25, 0.3) is 0 Å². The van der Waals surface area contributed by atoms with Gasteiger partial charge < -0.3 is 11.1 Å². The molecule has 2 heteroatoms. The van der Waals surface area contributed by atoms with Gasteiger partial charge in [0.2, 0.25) is 0 Å². The first-order chi connectivity index (χ1) is 8.78. The Morgan fingerprint density at radius 2 is 1.58 bits per heavy atom. The first-order valence-corrected chi connectivity index (χ1v) is 7.25. The monoisotopic (exact) mass is 262 g/mol. The Balaban J connectivity index is 2.74. The van der Waals surface area contributed by atoms with E-state index in [9.17, 15) is 0 Å². The van der Waals surface area contributed by atoms with E-state index >= 15 is 0 Å². The second kappa shape index (κ2) is 6.53. The fourth-order valence-corrected chi connectivity index (χ4v) is 2.57. The largest absolute Gasteiger partial charge is 0.330 e. The molecule has 1 aromatic rings. The van der Waals surface area contributed by atoms with Gasteiger partial charge in [0, 0.05) is 13.1 Å². The van der Waals surface area contributed by atoms with E-state index in [0.717, 1.165) is 26.1 Å². The lowest BCUT2D eigenvalue weighted by Crippen LogP contribution is -2.31. The molecule has 0 aromatic heterocycles. The average Bonchev–Trinajstić information content (AvgIpc) is 2.31. The van der Waals surface area contributed by atoms with Crippen LogP contribution < -0.4 is 11.1 Å². The molecule has 0 fully saturated rings. The number of benzene rings is 1. The molecule has 0 spiro atoms. The van der Waals surface area contributed by atoms with Gasteiger partial charge in [-0.2, -0.15) is 0 Å². The van der Waals surface area contributed by atoms with E-state index < -0.39 is 0 Å². The minimum Gasteiger partial charge on any atom is -0.330 e. The van der Waals surface area contributed by atoms with Gasteiger partial charge in [-0.25, -0.2) is 0 Å². The molecule has 0 radical (unpaired) electrons. The highest BCUT2D eigenvalue weighted by Crippen LogP contribution is 2.22. The molecule has 0 aliphatic heterocycles. The van der Waals surface area contributed by atoms with Gasteiger partial charge in [-0.05, 0) is 73.9 Å². The number of hydrogen-bond acceptors (Lipinski definition) is 2. The fourth-order valence-electron chi connectivity index (χ4n) is 2.57. The van der Waals surface area contributed by atoms with Gasteiger partial charge in [-0.3, -0.25) is 0 Å². The van der Waals surface area contributed by atoms with Crippen molar-refractivity contribution in [3.05, 3.63) is 33.9 Å². The minimum absolute atomic E-state index is 0.273. The lowest BCUT2D eigenvalue weighted by molar-refractivity contribution is 0.319. The molecule has 0 atom stereocenters. The zero-order chi connectivity index (χ0) is 14.6. The van der Waals surface area contributed by atoms with E-state index in [1.807, 2.05) is 0 Å². The molecule has 0 heterocycles. The van der Waals surface area contributed by atoms with E-state index in [4.69, 9.17) is 5.73 Å². The summed E-state index contributed by atoms with van der Waals surface area (Å²) in [5, 5.41) is 3.61. The first kappa shape index (κ1) is 16.2. The van der Waals surface area contributed by atoms with Gasteiger partial charge >= 0.3 is 0 Å². The molecule has 3 N–H and O–H groups in total. The molecule has 0 amide bonds. The zero-order valence-electron chi connectivity index (χ0n) is 13.5. The number of hydrogen-bond donors (Lipinski definition) is 2. The van der Waals surface area contributed by atoms with Crippen LogP contribution in [0.1, 0.15) is 48.1 Å². The Morgan fingerprint density at radius 3 is 2.05 bits per heavy atom. The van der Waals surface area contributed by atoms with Crippen molar-refractivity contribution in [2.75, 3.05) is 13.1 Å². The quantitative estimate of drug-likeness (QED) is 0.825. The molecular weight excluding hydrogens is 232 g/mol. The van der Waals surface area contributed by atoms with Crippen LogP contribution in [-0.2, 0) is 6.54 Å². The van der Waals surface area contributed by atoms with E-state index in [1.54, 1.807) is 0 Å². The first-order valence-electron chi connectivity index (χ1n) is 7.25. The Bertz CT molecular complexity index is 407. The molecule has 1 rings (SSSR count). The van der Waals surface area contributed by atoms with E-state index in [2.05, 4.69) is 52.9 Å². The third-order valence-electron chi connectivity index (χ3n) is 4.25. The molecule has 1 aromatic carbocycles. The smallest absolute Gasteiger partial charge is 0.0211 e. The number of aryl methyl sites for hydroxylation is 2. The Morgan fingerprint density at radius 1 is 1.05 bits per heavy atom. The summed E-state index contributed by atoms with van der Waals surface area (Å²) in [5.41, 5.74) is 13.0. The highest BCUT2D eigenvalue weighted by Gasteiger charge is 2.16. The van der Waals surface area contributed by atoms with Crippen molar-refractivity contribution in [1.29, 1.82) is 0 Å². The van der Waals surface area contributed by atoms with Crippen LogP contribution in [0.3, 0.4) is 0 Å². The molecule has 2 nitrogen and oxygen atoms in total. The number of nitrogens with two attached hydrogens (primary N) is 1. The van der Waals surface area contributed by atoms with Gasteiger partial charge in [-0.15, -0.1) is 0 Å². The van der Waals surface area contributed by atoms with Crippen LogP contribution in [0.25, 0.3) is 0 Å². The highest BCUT2D eigenvalue weighted by molar-refractivity contribution is 5.43. The fraction of sp³-hybridized carbons (Fsp3) is 0.647. The zero-order valence-corrected chi connectivity index (χ0v) is 13.5. The predicted molar refractivity (Wildman–Crippen MR) is 84.5 cm³/mol. The van der Waals surface area contributed by atoms with Crippen molar-refractivity contribution in [1.82, 2.24) is 5.32 Å². The number of nitrogens with one attached hydrogen (secondary N) is 1. The summed E-state index contributed by atoms with van der Waals surface area (Å²) in [4.78, 5) is 0. The van der Waals surface area contributed by atoms with Gasteiger partial charge in [0.15, 0.2) is 0 Å². The van der Waals surface area contributed by atoms with Crippen LogP contribution in [0.4, 0.5) is 0 Å². The minimum atomic E-state index is 0.273. The van der Waals surface area contributed by atoms with Crippen molar-refractivity contribution in [2.45, 2.75) is 54.5 Å². The maximum absolute atomic E-state index is 5.66. The van der Waals surface area contributed by atoms with Crippen LogP contribution in [-0.4, -0.2) is 13.1 Å². The molecular formula is C17H30N2. The summed E-state index contributed by atoms with van der Waals surface area (Å²) in [7, 11) is 0. The predicted octanol–water partition coefficient (Wildman–Crippen LogP) is 3.38. The second-order valence-electron chi connectivity index (χ2n) is 6.55. The lowest BCUT2D eigenvalue weighted by atomic mass is 9.89. The van der Waals surface area contributed by atoms with Crippen molar-refractivity contribution >= 4 is 0 Å². The SMILES string of the molecule is Cc1cc(C)c(C)c(CNCC(C)(C)CCN)c1C. The summed E-state index contributed by atoms with van der Waals surface area (Å²) >= 11 is 0. The summed E-state index contributed by atoms with van der Waals surface area (Å²) in [5.74, 6) is 0. The average molecular weight is 262 g/mol. The maximum atomic E-state index is 5.66. The van der Waals surface area contributed by atoms with Crippen molar-refractivity contribution in [3.63, 3.8) is 0 Å². The van der Waals surface area contributed by atoms with Crippen molar-refractivity contribution < 1.29 is 0 Å². The molecule has 0 aliphatic carbocycles. The van der Waals surface area contributed by atoms with Crippen LogP contribution in [0.5, 0.6) is 0 Å². The van der Waals surface area contributed by atoms with Crippen LogP contribution in [0, 0.1) is 33.1 Å². The normalized spacial score (nSPS) is 11.9. The third kappa shape index (κ3) is 4.32. The second-order valence-corrected chi connectivity index (χ2v) is 6.55. The van der Waals surface area contributed by atoms with E-state index in [1.165, 1.54) is 27.8 Å². The van der Waals surface area contributed by atoms with Crippen LogP contribution >= 0.6 is 0 Å². The van der Waals surface area contributed by atoms with E-state index in [-0.39, 0.29) is 5.41 Å².